The fourth-order valence-electron chi connectivity index (χ4n) is 3.52. The Morgan fingerprint density at radius 1 is 1.23 bits per heavy atom. The van der Waals surface area contributed by atoms with Crippen molar-refractivity contribution in [1.82, 2.24) is 14.2 Å². The standard InChI is InChI=1S/C21H23FN4O3S/c22-19-4-6-20(7-5-19)30(28,29)26-13-8-18(9-14-26)21(27)25(12-2-10-23)16-17-3-1-11-24-15-17/h1,3-7,11,15,18H,2,8-9,12-14,16H2. The van der Waals surface area contributed by atoms with E-state index in [1.54, 1.807) is 23.4 Å². The van der Waals surface area contributed by atoms with E-state index in [0.717, 1.165) is 17.7 Å². The largest absolute Gasteiger partial charge is 0.337 e. The molecule has 1 aromatic heterocycles. The zero-order valence-electron chi connectivity index (χ0n) is 16.4. The average Bonchev–Trinajstić information content (AvgIpc) is 2.77. The second-order valence-corrected chi connectivity index (χ2v) is 9.10. The summed E-state index contributed by atoms with van der Waals surface area (Å²) < 4.78 is 40.0. The molecule has 1 aliphatic rings. The third-order valence-electron chi connectivity index (χ3n) is 5.16. The lowest BCUT2D eigenvalue weighted by Gasteiger charge is -2.33. The van der Waals surface area contributed by atoms with Crippen LogP contribution in [0.2, 0.25) is 0 Å². The molecule has 7 nitrogen and oxygen atoms in total. The van der Waals surface area contributed by atoms with E-state index in [-0.39, 0.29) is 36.2 Å². The van der Waals surface area contributed by atoms with E-state index >= 15 is 0 Å². The molecule has 9 heteroatoms. The lowest BCUT2D eigenvalue weighted by molar-refractivity contribution is -0.137. The van der Waals surface area contributed by atoms with Crippen LogP contribution in [0.1, 0.15) is 24.8 Å². The second kappa shape index (κ2) is 9.78. The summed E-state index contributed by atoms with van der Waals surface area (Å²) in [5, 5.41) is 8.93. The quantitative estimate of drug-likeness (QED) is 0.673. The minimum Gasteiger partial charge on any atom is -0.337 e. The summed E-state index contributed by atoms with van der Waals surface area (Å²) in [4.78, 5) is 18.8. The topological polar surface area (TPSA) is 94.4 Å². The van der Waals surface area contributed by atoms with E-state index in [9.17, 15) is 17.6 Å². The van der Waals surface area contributed by atoms with E-state index < -0.39 is 15.8 Å². The van der Waals surface area contributed by atoms with Crippen LogP contribution in [0.15, 0.2) is 53.7 Å². The predicted octanol–water partition coefficient (Wildman–Crippen LogP) is 2.56. The highest BCUT2D eigenvalue weighted by Crippen LogP contribution is 2.26. The van der Waals surface area contributed by atoms with Crippen molar-refractivity contribution in [1.29, 1.82) is 5.26 Å². The lowest BCUT2D eigenvalue weighted by atomic mass is 9.96. The van der Waals surface area contributed by atoms with Gasteiger partial charge in [-0.25, -0.2) is 12.8 Å². The van der Waals surface area contributed by atoms with Crippen molar-refractivity contribution in [3.05, 3.63) is 60.2 Å². The Morgan fingerprint density at radius 3 is 2.53 bits per heavy atom. The van der Waals surface area contributed by atoms with Crippen molar-refractivity contribution in [2.45, 2.75) is 30.7 Å². The molecule has 0 atom stereocenters. The summed E-state index contributed by atoms with van der Waals surface area (Å²) in [6.45, 7) is 1.12. The molecule has 1 aromatic carbocycles. The van der Waals surface area contributed by atoms with Crippen molar-refractivity contribution in [3.63, 3.8) is 0 Å². The zero-order valence-corrected chi connectivity index (χ0v) is 17.3. The maximum absolute atomic E-state index is 13.1. The number of carbonyl (C=O) groups excluding carboxylic acids is 1. The van der Waals surface area contributed by atoms with Crippen LogP contribution in [0, 0.1) is 23.1 Å². The first kappa shape index (κ1) is 21.9. The van der Waals surface area contributed by atoms with Crippen molar-refractivity contribution in [2.75, 3.05) is 19.6 Å². The summed E-state index contributed by atoms with van der Waals surface area (Å²) in [6, 6.07) is 10.5. The number of pyridine rings is 1. The number of rotatable bonds is 7. The highest BCUT2D eigenvalue weighted by Gasteiger charge is 2.33. The molecule has 3 rings (SSSR count). The van der Waals surface area contributed by atoms with Gasteiger partial charge in [0.25, 0.3) is 0 Å². The van der Waals surface area contributed by atoms with Crippen LogP contribution in [0.4, 0.5) is 4.39 Å². The Kier molecular flexibility index (Phi) is 7.13. The number of benzene rings is 1. The number of aromatic nitrogens is 1. The van der Waals surface area contributed by atoms with Gasteiger partial charge in [-0.2, -0.15) is 9.57 Å². The summed E-state index contributed by atoms with van der Waals surface area (Å²) >= 11 is 0. The number of carbonyl (C=O) groups is 1. The summed E-state index contributed by atoms with van der Waals surface area (Å²) in [6.07, 6.45) is 4.36. The minimum absolute atomic E-state index is 0.0425. The molecule has 0 bridgehead atoms. The third kappa shape index (κ3) is 5.20. The summed E-state index contributed by atoms with van der Waals surface area (Å²) in [5.74, 6) is -0.878. The number of hydrogen-bond acceptors (Lipinski definition) is 5. The number of sulfonamides is 1. The van der Waals surface area contributed by atoms with E-state index in [1.165, 1.54) is 16.4 Å². The van der Waals surface area contributed by atoms with Crippen LogP contribution in [0.25, 0.3) is 0 Å². The van der Waals surface area contributed by atoms with Crippen molar-refractivity contribution in [2.24, 2.45) is 5.92 Å². The number of hydrogen-bond donors (Lipinski definition) is 0. The molecule has 1 fully saturated rings. The first-order valence-corrected chi connectivity index (χ1v) is 11.2. The van der Waals surface area contributed by atoms with Crippen LogP contribution >= 0.6 is 0 Å². The maximum atomic E-state index is 13.1. The van der Waals surface area contributed by atoms with E-state index in [4.69, 9.17) is 5.26 Å². The molecular formula is C21H23FN4O3S. The molecule has 0 N–H and O–H groups in total. The molecule has 2 aromatic rings. The van der Waals surface area contributed by atoms with Crippen LogP contribution in [0.5, 0.6) is 0 Å². The first-order valence-electron chi connectivity index (χ1n) is 9.72. The molecule has 158 valence electrons. The SMILES string of the molecule is N#CCCN(Cc1cccnc1)C(=O)C1CCN(S(=O)(=O)c2ccc(F)cc2)CC1. The number of amides is 1. The highest BCUT2D eigenvalue weighted by molar-refractivity contribution is 7.89. The Morgan fingerprint density at radius 2 is 1.93 bits per heavy atom. The van der Waals surface area contributed by atoms with Crippen molar-refractivity contribution >= 4 is 15.9 Å². The van der Waals surface area contributed by atoms with Gasteiger partial charge in [-0.15, -0.1) is 0 Å². The van der Waals surface area contributed by atoms with Crippen LogP contribution in [-0.4, -0.2) is 48.1 Å². The van der Waals surface area contributed by atoms with Gasteiger partial charge in [0.15, 0.2) is 0 Å². The van der Waals surface area contributed by atoms with Gasteiger partial charge in [0.1, 0.15) is 5.82 Å². The molecule has 0 aliphatic carbocycles. The van der Waals surface area contributed by atoms with Gasteiger partial charge in [0.05, 0.1) is 17.4 Å². The summed E-state index contributed by atoms with van der Waals surface area (Å²) in [5.41, 5.74) is 0.875. The minimum atomic E-state index is -3.72. The highest BCUT2D eigenvalue weighted by atomic mass is 32.2. The molecule has 0 saturated carbocycles. The first-order chi connectivity index (χ1) is 14.4. The molecule has 1 aliphatic heterocycles. The number of nitrogens with zero attached hydrogens (tertiary/aromatic N) is 4. The number of nitriles is 1. The Bertz CT molecular complexity index is 999. The predicted molar refractivity (Wildman–Crippen MR) is 108 cm³/mol. The van der Waals surface area contributed by atoms with Gasteiger partial charge >= 0.3 is 0 Å². The van der Waals surface area contributed by atoms with E-state index in [2.05, 4.69) is 11.1 Å². The van der Waals surface area contributed by atoms with Crippen molar-refractivity contribution in [3.8, 4) is 6.07 Å². The van der Waals surface area contributed by atoms with E-state index in [0.29, 0.717) is 25.9 Å². The molecule has 2 heterocycles. The number of piperidine rings is 1. The van der Waals surface area contributed by atoms with Gasteiger partial charge in [0, 0.05) is 44.5 Å². The molecule has 30 heavy (non-hydrogen) atoms. The molecule has 1 amide bonds. The Balaban J connectivity index is 1.65. The van der Waals surface area contributed by atoms with E-state index in [1.807, 2.05) is 6.07 Å². The number of halogens is 1. The smallest absolute Gasteiger partial charge is 0.243 e. The van der Waals surface area contributed by atoms with Gasteiger partial charge in [-0.1, -0.05) is 6.07 Å². The zero-order chi connectivity index (χ0) is 21.6. The Labute approximate surface area is 175 Å². The van der Waals surface area contributed by atoms with Crippen molar-refractivity contribution < 1.29 is 17.6 Å². The molecular weight excluding hydrogens is 407 g/mol. The Hall–Kier alpha value is -2.83. The lowest BCUT2D eigenvalue weighted by Crippen LogP contribution is -2.44. The normalized spacial score (nSPS) is 15.5. The summed E-state index contributed by atoms with van der Waals surface area (Å²) in [7, 11) is -3.72. The van der Waals surface area contributed by atoms with Gasteiger partial charge in [-0.05, 0) is 48.7 Å². The molecule has 0 unspecified atom stereocenters. The molecule has 0 spiro atoms. The third-order valence-corrected chi connectivity index (χ3v) is 7.07. The fraction of sp³-hybridized carbons (Fsp3) is 0.381. The second-order valence-electron chi connectivity index (χ2n) is 7.16. The van der Waals surface area contributed by atoms with Crippen LogP contribution < -0.4 is 0 Å². The van der Waals surface area contributed by atoms with Gasteiger partial charge in [0.2, 0.25) is 15.9 Å². The molecule has 0 radical (unpaired) electrons. The van der Waals surface area contributed by atoms with Gasteiger partial charge in [-0.3, -0.25) is 9.78 Å². The van der Waals surface area contributed by atoms with Crippen LogP contribution in [-0.2, 0) is 21.4 Å². The maximum Gasteiger partial charge on any atom is 0.243 e. The van der Waals surface area contributed by atoms with Gasteiger partial charge < -0.3 is 4.90 Å². The average molecular weight is 431 g/mol. The monoisotopic (exact) mass is 430 g/mol. The van der Waals surface area contributed by atoms with Crippen LogP contribution in [0.3, 0.4) is 0 Å². The fourth-order valence-corrected chi connectivity index (χ4v) is 4.99. The molecule has 1 saturated heterocycles.